The van der Waals surface area contributed by atoms with Crippen LogP contribution in [0.3, 0.4) is 0 Å². The lowest BCUT2D eigenvalue weighted by Crippen LogP contribution is -2.47. The van der Waals surface area contributed by atoms with Gasteiger partial charge in [0.2, 0.25) is 17.7 Å². The maximum absolute atomic E-state index is 13.1. The molecule has 2 heterocycles. The summed E-state index contributed by atoms with van der Waals surface area (Å²) in [6.07, 6.45) is 2.98. The molecule has 0 atom stereocenters. The molecule has 0 unspecified atom stereocenters. The minimum atomic E-state index is -0.410. The summed E-state index contributed by atoms with van der Waals surface area (Å²) in [5, 5.41) is 8.58. The number of unbranched alkanes of at least 4 members (excludes halogenated alkanes) is 2. The van der Waals surface area contributed by atoms with Crippen LogP contribution in [0.1, 0.15) is 42.5 Å². The first-order valence-electron chi connectivity index (χ1n) is 11.9. The van der Waals surface area contributed by atoms with Crippen molar-refractivity contribution in [1.82, 2.24) is 15.3 Å². The van der Waals surface area contributed by atoms with E-state index >= 15 is 0 Å². The Morgan fingerprint density at radius 2 is 1.69 bits per heavy atom. The number of nitrogens with zero attached hydrogens (tertiary/aromatic N) is 3. The van der Waals surface area contributed by atoms with E-state index in [1.165, 1.54) is 0 Å². The number of carbonyl (C=O) groups is 3. The number of rotatable bonds is 11. The lowest BCUT2D eigenvalue weighted by atomic mass is 10.1. The van der Waals surface area contributed by atoms with Crippen LogP contribution in [0.2, 0.25) is 0 Å². The summed E-state index contributed by atoms with van der Waals surface area (Å²) in [5.74, 6) is -0.257. The Bertz CT molecular complexity index is 990. The van der Waals surface area contributed by atoms with Gasteiger partial charge in [-0.15, -0.1) is 11.3 Å². The molecule has 190 valence electrons. The van der Waals surface area contributed by atoms with Gasteiger partial charge in [0.1, 0.15) is 0 Å². The fourth-order valence-electron chi connectivity index (χ4n) is 3.98. The van der Waals surface area contributed by atoms with Gasteiger partial charge in [-0.1, -0.05) is 18.6 Å². The summed E-state index contributed by atoms with van der Waals surface area (Å²) in [5.41, 5.74) is 3.36. The zero-order chi connectivity index (χ0) is 25.2. The Kier molecular flexibility index (Phi) is 10.7. The van der Waals surface area contributed by atoms with Crippen LogP contribution in [-0.4, -0.2) is 66.0 Å². The van der Waals surface area contributed by atoms with E-state index < -0.39 is 5.91 Å². The Labute approximate surface area is 219 Å². The molecule has 1 saturated heterocycles. The summed E-state index contributed by atoms with van der Waals surface area (Å²) < 4.78 is 1.01. The molecule has 0 saturated carbocycles. The smallest absolute Gasteiger partial charge is 0.243 e. The number of halogens is 1. The molecule has 3 rings (SSSR count). The molecule has 1 fully saturated rings. The van der Waals surface area contributed by atoms with E-state index in [-0.39, 0.29) is 18.2 Å². The SMILES string of the molecule is CN1CCN(C(=O)Cc2ccc(N(Cc3ccc(Br)s3)C(=O)CCCCCC(=O)NO)cc2)CC1. The molecule has 1 aliphatic heterocycles. The van der Waals surface area contributed by atoms with E-state index in [1.807, 2.05) is 41.3 Å². The van der Waals surface area contributed by atoms with E-state index in [1.54, 1.807) is 21.7 Å². The molecule has 0 spiro atoms. The van der Waals surface area contributed by atoms with Crippen molar-refractivity contribution >= 4 is 50.7 Å². The first kappa shape index (κ1) is 27.3. The molecular weight excluding hydrogens is 532 g/mol. The fraction of sp³-hybridized carbons (Fsp3) is 0.480. The van der Waals surface area contributed by atoms with E-state index in [9.17, 15) is 14.4 Å². The number of likely N-dealkylation sites (N-methyl/N-ethyl adjacent to an activating group) is 1. The second-order valence-electron chi connectivity index (χ2n) is 8.81. The number of benzene rings is 1. The number of amides is 3. The monoisotopic (exact) mass is 564 g/mol. The summed E-state index contributed by atoms with van der Waals surface area (Å²) in [7, 11) is 2.07. The van der Waals surface area contributed by atoms with Crippen LogP contribution in [0.4, 0.5) is 5.69 Å². The standard InChI is InChI=1S/C25H33BrN4O4S/c1-28-13-15-29(16-14-28)25(33)17-19-7-9-20(10-8-19)30(18-21-11-12-22(26)35-21)24(32)6-4-2-3-5-23(31)27-34/h7-12,34H,2-6,13-18H2,1H3,(H,27,31). The molecule has 2 N–H and O–H groups in total. The van der Waals surface area contributed by atoms with Gasteiger partial charge in [0.25, 0.3) is 0 Å². The second-order valence-corrected chi connectivity index (χ2v) is 11.4. The quantitative estimate of drug-likeness (QED) is 0.246. The van der Waals surface area contributed by atoms with Crippen LogP contribution < -0.4 is 10.4 Å². The van der Waals surface area contributed by atoms with Crippen LogP contribution in [0.5, 0.6) is 0 Å². The van der Waals surface area contributed by atoms with Crippen molar-refractivity contribution in [2.24, 2.45) is 0 Å². The molecule has 10 heteroatoms. The average Bonchev–Trinajstić information content (AvgIpc) is 3.27. The van der Waals surface area contributed by atoms with Crippen molar-refractivity contribution in [3.8, 4) is 0 Å². The first-order valence-corrected chi connectivity index (χ1v) is 13.5. The highest BCUT2D eigenvalue weighted by Gasteiger charge is 2.20. The van der Waals surface area contributed by atoms with Crippen LogP contribution in [0.25, 0.3) is 0 Å². The van der Waals surface area contributed by atoms with Crippen LogP contribution in [-0.2, 0) is 27.3 Å². The van der Waals surface area contributed by atoms with Crippen molar-refractivity contribution in [1.29, 1.82) is 0 Å². The normalized spacial score (nSPS) is 14.1. The fourth-order valence-corrected chi connectivity index (χ4v) is 5.45. The molecular formula is C25H33BrN4O4S. The Morgan fingerprint density at radius 3 is 2.31 bits per heavy atom. The Hall–Kier alpha value is -2.27. The molecule has 8 nitrogen and oxygen atoms in total. The number of hydrogen-bond donors (Lipinski definition) is 2. The number of hydrogen-bond acceptors (Lipinski definition) is 6. The summed E-state index contributed by atoms with van der Waals surface area (Å²) >= 11 is 5.08. The van der Waals surface area contributed by atoms with Crippen molar-refractivity contribution in [3.05, 3.63) is 50.6 Å². The lowest BCUT2D eigenvalue weighted by molar-refractivity contribution is -0.132. The van der Waals surface area contributed by atoms with Gasteiger partial charge in [-0.3, -0.25) is 19.6 Å². The zero-order valence-corrected chi connectivity index (χ0v) is 22.4. The number of thiophene rings is 1. The molecule has 0 bridgehead atoms. The predicted molar refractivity (Wildman–Crippen MR) is 140 cm³/mol. The summed E-state index contributed by atoms with van der Waals surface area (Å²) in [4.78, 5) is 44.0. The topological polar surface area (TPSA) is 93.2 Å². The molecule has 2 aromatic rings. The lowest BCUT2D eigenvalue weighted by Gasteiger charge is -2.32. The molecule has 1 aliphatic rings. The summed E-state index contributed by atoms with van der Waals surface area (Å²) in [6, 6.07) is 11.7. The van der Waals surface area contributed by atoms with E-state index in [0.717, 1.165) is 52.5 Å². The molecule has 3 amide bonds. The van der Waals surface area contributed by atoms with Gasteiger partial charge < -0.3 is 14.7 Å². The average molecular weight is 566 g/mol. The van der Waals surface area contributed by atoms with E-state index in [2.05, 4.69) is 27.9 Å². The predicted octanol–water partition coefficient (Wildman–Crippen LogP) is 3.82. The Balaban J connectivity index is 1.61. The zero-order valence-electron chi connectivity index (χ0n) is 20.0. The van der Waals surface area contributed by atoms with Crippen molar-refractivity contribution in [2.45, 2.75) is 45.1 Å². The largest absolute Gasteiger partial charge is 0.340 e. The number of hydroxylamine groups is 1. The van der Waals surface area contributed by atoms with E-state index in [4.69, 9.17) is 5.21 Å². The number of nitrogens with one attached hydrogen (secondary N) is 1. The van der Waals surface area contributed by atoms with Gasteiger partial charge in [-0.05, 0) is 65.6 Å². The highest BCUT2D eigenvalue weighted by Crippen LogP contribution is 2.27. The van der Waals surface area contributed by atoms with Crippen molar-refractivity contribution < 1.29 is 19.6 Å². The van der Waals surface area contributed by atoms with E-state index in [0.29, 0.717) is 32.2 Å². The first-order chi connectivity index (χ1) is 16.9. The molecule has 35 heavy (non-hydrogen) atoms. The minimum absolute atomic E-state index is 0.0161. The third-order valence-electron chi connectivity index (χ3n) is 6.12. The van der Waals surface area contributed by atoms with Crippen LogP contribution >= 0.6 is 27.3 Å². The van der Waals surface area contributed by atoms with Crippen molar-refractivity contribution in [2.75, 3.05) is 38.1 Å². The van der Waals surface area contributed by atoms with Crippen LogP contribution in [0.15, 0.2) is 40.2 Å². The highest BCUT2D eigenvalue weighted by atomic mass is 79.9. The van der Waals surface area contributed by atoms with Crippen LogP contribution in [0, 0.1) is 0 Å². The van der Waals surface area contributed by atoms with Gasteiger partial charge in [-0.2, -0.15) is 0 Å². The minimum Gasteiger partial charge on any atom is -0.340 e. The van der Waals surface area contributed by atoms with Gasteiger partial charge in [0.05, 0.1) is 16.8 Å². The maximum atomic E-state index is 13.1. The molecule has 0 aliphatic carbocycles. The van der Waals surface area contributed by atoms with Gasteiger partial charge >= 0.3 is 0 Å². The van der Waals surface area contributed by atoms with Gasteiger partial charge in [-0.25, -0.2) is 5.48 Å². The van der Waals surface area contributed by atoms with Gasteiger partial charge in [0.15, 0.2) is 0 Å². The number of carbonyl (C=O) groups excluding carboxylic acids is 3. The maximum Gasteiger partial charge on any atom is 0.243 e. The third-order valence-corrected chi connectivity index (χ3v) is 7.73. The molecule has 1 aromatic heterocycles. The Morgan fingerprint density at radius 1 is 1.00 bits per heavy atom. The highest BCUT2D eigenvalue weighted by molar-refractivity contribution is 9.11. The number of piperazine rings is 1. The summed E-state index contributed by atoms with van der Waals surface area (Å²) in [6.45, 7) is 3.79. The molecule has 0 radical (unpaired) electrons. The van der Waals surface area contributed by atoms with Crippen molar-refractivity contribution in [3.63, 3.8) is 0 Å². The van der Waals surface area contributed by atoms with Gasteiger partial charge in [0, 0.05) is 49.6 Å². The molecule has 1 aromatic carbocycles. The third kappa shape index (κ3) is 8.71. The number of anilines is 1. The second kappa shape index (κ2) is 13.7.